The Morgan fingerprint density at radius 1 is 1.10 bits per heavy atom. The Kier molecular flexibility index (Phi) is 5.64. The minimum absolute atomic E-state index is 0.126. The van der Waals surface area contributed by atoms with Gasteiger partial charge in [-0.3, -0.25) is 4.79 Å². The Morgan fingerprint density at radius 3 is 2.61 bits per heavy atom. The van der Waals surface area contributed by atoms with Crippen molar-refractivity contribution in [3.8, 4) is 11.6 Å². The van der Waals surface area contributed by atoms with Crippen molar-refractivity contribution in [1.82, 2.24) is 19.4 Å². The van der Waals surface area contributed by atoms with E-state index in [1.165, 1.54) is 13.0 Å². The van der Waals surface area contributed by atoms with E-state index in [1.54, 1.807) is 0 Å². The lowest BCUT2D eigenvalue weighted by atomic mass is 10.1. The van der Waals surface area contributed by atoms with Crippen LogP contribution in [0.15, 0.2) is 48.8 Å². The summed E-state index contributed by atoms with van der Waals surface area (Å²) in [6.45, 7) is 7.38. The number of piperidine rings is 1. The van der Waals surface area contributed by atoms with Crippen LogP contribution in [-0.4, -0.2) is 64.1 Å². The third kappa shape index (κ3) is 4.17. The fourth-order valence-corrected chi connectivity index (χ4v) is 4.52. The summed E-state index contributed by atoms with van der Waals surface area (Å²) in [5.41, 5.74) is 1.80. The van der Waals surface area contributed by atoms with Gasteiger partial charge in [0.2, 0.25) is 0 Å². The van der Waals surface area contributed by atoms with E-state index < -0.39 is 0 Å². The summed E-state index contributed by atoms with van der Waals surface area (Å²) < 4.78 is 8.24. The van der Waals surface area contributed by atoms with E-state index in [-0.39, 0.29) is 12.0 Å². The number of hydrogen-bond donors (Lipinski definition) is 0. The topological polar surface area (TPSA) is 50.6 Å². The van der Waals surface area contributed by atoms with E-state index in [0.29, 0.717) is 0 Å². The summed E-state index contributed by atoms with van der Waals surface area (Å²) >= 11 is 0. The van der Waals surface area contributed by atoms with E-state index in [0.717, 1.165) is 73.5 Å². The molecule has 162 valence electrons. The zero-order valence-corrected chi connectivity index (χ0v) is 18.2. The summed E-state index contributed by atoms with van der Waals surface area (Å²) in [6.07, 6.45) is 8.56. The first-order valence-electron chi connectivity index (χ1n) is 11.5. The van der Waals surface area contributed by atoms with Gasteiger partial charge in [0.1, 0.15) is 17.7 Å². The van der Waals surface area contributed by atoms with Gasteiger partial charge in [-0.1, -0.05) is 6.92 Å². The summed E-state index contributed by atoms with van der Waals surface area (Å²) in [5.74, 6) is 1.81. The molecular formula is C25H30N4O2. The maximum absolute atomic E-state index is 12.5. The zero-order valence-electron chi connectivity index (χ0n) is 18.2. The maximum atomic E-state index is 12.5. The van der Waals surface area contributed by atoms with Crippen LogP contribution in [0, 0.1) is 0 Å². The van der Waals surface area contributed by atoms with Crippen LogP contribution >= 0.6 is 0 Å². The molecule has 0 atom stereocenters. The Morgan fingerprint density at radius 2 is 1.94 bits per heavy atom. The van der Waals surface area contributed by atoms with E-state index in [4.69, 9.17) is 4.74 Å². The largest absolute Gasteiger partial charge is 0.489 e. The van der Waals surface area contributed by atoms with E-state index in [9.17, 15) is 4.79 Å². The number of carbonyl (C=O) groups is 1. The average molecular weight is 419 g/mol. The Hall–Kier alpha value is -2.86. The third-order valence-corrected chi connectivity index (χ3v) is 6.43. The molecule has 31 heavy (non-hydrogen) atoms. The van der Waals surface area contributed by atoms with Crippen LogP contribution in [0.4, 0.5) is 0 Å². The summed E-state index contributed by atoms with van der Waals surface area (Å²) in [5, 5.41) is 1.05. The summed E-state index contributed by atoms with van der Waals surface area (Å²) in [7, 11) is 0. The quantitative estimate of drug-likeness (QED) is 0.604. The molecule has 0 aliphatic carbocycles. The van der Waals surface area contributed by atoms with Crippen LogP contribution in [0.2, 0.25) is 0 Å². The average Bonchev–Trinajstić information content (AvgIpc) is 3.18. The van der Waals surface area contributed by atoms with Gasteiger partial charge >= 0.3 is 0 Å². The van der Waals surface area contributed by atoms with E-state index in [2.05, 4.69) is 21.4 Å². The second kappa shape index (κ2) is 8.71. The highest BCUT2D eigenvalue weighted by atomic mass is 16.5. The number of ether oxygens (including phenoxy) is 1. The van der Waals surface area contributed by atoms with E-state index >= 15 is 0 Å². The van der Waals surface area contributed by atoms with Gasteiger partial charge < -0.3 is 19.1 Å². The Labute approximate surface area is 183 Å². The molecule has 2 aliphatic heterocycles. The Balaban J connectivity index is 1.27. The van der Waals surface area contributed by atoms with Gasteiger partial charge in [-0.15, -0.1) is 0 Å². The van der Waals surface area contributed by atoms with Gasteiger partial charge in [-0.25, -0.2) is 4.98 Å². The first kappa shape index (κ1) is 20.1. The molecule has 0 spiro atoms. The van der Waals surface area contributed by atoms with Crippen molar-refractivity contribution in [2.24, 2.45) is 0 Å². The molecule has 2 aliphatic rings. The van der Waals surface area contributed by atoms with Crippen molar-refractivity contribution in [1.29, 1.82) is 0 Å². The van der Waals surface area contributed by atoms with Gasteiger partial charge in [0, 0.05) is 43.3 Å². The van der Waals surface area contributed by atoms with Crippen molar-refractivity contribution in [3.05, 3.63) is 54.4 Å². The number of likely N-dealkylation sites (tertiary alicyclic amines) is 2. The van der Waals surface area contributed by atoms with Gasteiger partial charge in [0.05, 0.1) is 11.7 Å². The minimum atomic E-state index is 0.126. The molecule has 0 saturated carbocycles. The van der Waals surface area contributed by atoms with Crippen molar-refractivity contribution >= 4 is 16.8 Å². The Bertz CT molecular complexity index is 1050. The van der Waals surface area contributed by atoms with Gasteiger partial charge in [-0.2, -0.15) is 0 Å². The van der Waals surface area contributed by atoms with Crippen LogP contribution in [0.3, 0.4) is 0 Å². The molecule has 0 N–H and O–H groups in total. The van der Waals surface area contributed by atoms with Crippen LogP contribution in [0.5, 0.6) is 5.75 Å². The predicted octanol–water partition coefficient (Wildman–Crippen LogP) is 4.12. The van der Waals surface area contributed by atoms with Gasteiger partial charge in [-0.05, 0) is 68.6 Å². The lowest BCUT2D eigenvalue weighted by Gasteiger charge is -2.31. The minimum Gasteiger partial charge on any atom is -0.489 e. The lowest BCUT2D eigenvalue weighted by molar-refractivity contribution is 0.0652. The summed E-state index contributed by atoms with van der Waals surface area (Å²) in [4.78, 5) is 21.5. The number of pyridine rings is 1. The highest BCUT2D eigenvalue weighted by Crippen LogP contribution is 2.24. The number of aromatic nitrogens is 2. The molecule has 1 aromatic carbocycles. The molecule has 2 fully saturated rings. The van der Waals surface area contributed by atoms with Crippen LogP contribution in [0.25, 0.3) is 16.7 Å². The first-order chi connectivity index (χ1) is 15.2. The second-order valence-electron chi connectivity index (χ2n) is 8.62. The smallest absolute Gasteiger partial charge is 0.253 e. The number of carbonyl (C=O) groups excluding carboxylic acids is 1. The monoisotopic (exact) mass is 418 g/mol. The number of benzene rings is 1. The molecular weight excluding hydrogens is 388 g/mol. The van der Waals surface area contributed by atoms with Crippen molar-refractivity contribution < 1.29 is 9.53 Å². The molecule has 2 saturated heterocycles. The normalized spacial score (nSPS) is 17.6. The van der Waals surface area contributed by atoms with Crippen molar-refractivity contribution in [3.63, 3.8) is 0 Å². The number of nitrogens with zero attached hydrogens (tertiary/aromatic N) is 4. The SMILES string of the molecule is CCCN1CCC(Oc2ccc(-n3ccc4cc(C(=O)N5CCC5)ccc43)nc2)CC1. The zero-order chi connectivity index (χ0) is 21.2. The molecule has 1 amide bonds. The second-order valence-corrected chi connectivity index (χ2v) is 8.62. The predicted molar refractivity (Wildman–Crippen MR) is 122 cm³/mol. The highest BCUT2D eigenvalue weighted by Gasteiger charge is 2.22. The number of fused-ring (bicyclic) bond motifs is 1. The van der Waals surface area contributed by atoms with Crippen LogP contribution in [0.1, 0.15) is 43.0 Å². The number of hydrogen-bond acceptors (Lipinski definition) is 4. The molecule has 2 aromatic heterocycles. The fourth-order valence-electron chi connectivity index (χ4n) is 4.52. The molecule has 4 heterocycles. The molecule has 0 unspecified atom stereocenters. The van der Waals surface area contributed by atoms with Crippen molar-refractivity contribution in [2.45, 2.75) is 38.7 Å². The maximum Gasteiger partial charge on any atom is 0.253 e. The molecule has 6 nitrogen and oxygen atoms in total. The highest BCUT2D eigenvalue weighted by molar-refractivity contribution is 5.98. The number of amides is 1. The number of rotatable bonds is 6. The van der Waals surface area contributed by atoms with Crippen LogP contribution < -0.4 is 4.74 Å². The van der Waals surface area contributed by atoms with Crippen LogP contribution in [-0.2, 0) is 0 Å². The third-order valence-electron chi connectivity index (χ3n) is 6.43. The summed E-state index contributed by atoms with van der Waals surface area (Å²) in [6, 6.07) is 12.0. The van der Waals surface area contributed by atoms with E-state index in [1.807, 2.05) is 53.7 Å². The van der Waals surface area contributed by atoms with Gasteiger partial charge in [0.25, 0.3) is 5.91 Å². The first-order valence-corrected chi connectivity index (χ1v) is 11.5. The van der Waals surface area contributed by atoms with Crippen molar-refractivity contribution in [2.75, 3.05) is 32.7 Å². The lowest BCUT2D eigenvalue weighted by Crippen LogP contribution is -2.41. The molecule has 0 radical (unpaired) electrons. The fraction of sp³-hybridized carbons (Fsp3) is 0.440. The molecule has 5 rings (SSSR count). The molecule has 6 heteroatoms. The van der Waals surface area contributed by atoms with Gasteiger partial charge in [0.15, 0.2) is 0 Å². The molecule has 0 bridgehead atoms. The molecule has 3 aromatic rings. The standard InChI is InChI=1S/C25H30N4O2/c1-2-11-27-14-9-21(10-15-27)31-22-5-7-24(26-18-22)29-16-8-19-17-20(4-6-23(19)29)25(30)28-12-3-13-28/h4-8,16-18,21H,2-3,9-15H2,1H3.